The van der Waals surface area contributed by atoms with Gasteiger partial charge in [-0.3, -0.25) is 4.79 Å². The minimum Gasteiger partial charge on any atom is -0.460 e. The van der Waals surface area contributed by atoms with Crippen LogP contribution >= 0.6 is 0 Å². The average molecular weight is 324 g/mol. The number of hydrogen-bond donors (Lipinski definition) is 0. The molecule has 0 radical (unpaired) electrons. The summed E-state index contributed by atoms with van der Waals surface area (Å²) in [5, 5.41) is 0. The Kier molecular flexibility index (Phi) is 6.17. The third-order valence-electron chi connectivity index (χ3n) is 4.64. The van der Waals surface area contributed by atoms with Crippen molar-refractivity contribution in [2.45, 2.75) is 65.1 Å². The number of hydrogen-bond acceptors (Lipinski definition) is 3. The summed E-state index contributed by atoms with van der Waals surface area (Å²) in [7, 11) is -1.87. The number of esters is 1. The fraction of sp³-hybridized carbons (Fsp3) is 0.647. The Hall–Kier alpha value is -1.36. The highest BCUT2D eigenvalue weighted by Gasteiger charge is 2.45. The van der Waals surface area contributed by atoms with Crippen LogP contribution in [0.4, 0.5) is 0 Å². The van der Waals surface area contributed by atoms with Gasteiger partial charge in [-0.05, 0) is 35.8 Å². The van der Waals surface area contributed by atoms with Gasteiger partial charge in [0.1, 0.15) is 0 Å². The second-order valence-electron chi connectivity index (χ2n) is 6.71. The first kappa shape index (κ1) is 18.7. The second-order valence-corrected chi connectivity index (χ2v) is 12.5. The topological polar surface area (TPSA) is 48.3 Å². The summed E-state index contributed by atoms with van der Waals surface area (Å²) in [6.07, 6.45) is 3.82. The van der Waals surface area contributed by atoms with E-state index in [1.165, 1.54) is 0 Å². The molecule has 4 nitrogen and oxygen atoms in total. The standard InChI is InChI=1S/C17H29NO3Si/c1-8-21-17(20)16(19)15-9-10-18(11-15)22(12(2)3,13(4)5)14(6)7/h9-14H,8H2,1-7H3. The van der Waals surface area contributed by atoms with Gasteiger partial charge >= 0.3 is 5.97 Å². The van der Waals surface area contributed by atoms with Crippen molar-refractivity contribution in [1.82, 2.24) is 4.23 Å². The number of ketones is 1. The van der Waals surface area contributed by atoms with Crippen molar-refractivity contribution in [3.05, 3.63) is 24.0 Å². The molecule has 0 aliphatic heterocycles. The molecular formula is C17H29NO3Si. The Bertz CT molecular complexity index is 510. The summed E-state index contributed by atoms with van der Waals surface area (Å²) in [5.74, 6) is -1.33. The van der Waals surface area contributed by atoms with Crippen LogP contribution in [0.3, 0.4) is 0 Å². The number of Topliss-reactive ketones (excluding diaryl/α,β-unsaturated/α-hetero) is 1. The highest BCUT2D eigenvalue weighted by Crippen LogP contribution is 2.42. The number of aromatic nitrogens is 1. The van der Waals surface area contributed by atoms with Gasteiger partial charge in [-0.15, -0.1) is 0 Å². The van der Waals surface area contributed by atoms with Crippen molar-refractivity contribution in [3.63, 3.8) is 0 Å². The highest BCUT2D eigenvalue weighted by molar-refractivity contribution is 6.82. The Morgan fingerprint density at radius 3 is 2.00 bits per heavy atom. The molecule has 5 heteroatoms. The minimum atomic E-state index is -1.87. The molecule has 0 aliphatic carbocycles. The van der Waals surface area contributed by atoms with Crippen LogP contribution in [0.5, 0.6) is 0 Å². The van der Waals surface area contributed by atoms with Crippen LogP contribution in [0.25, 0.3) is 0 Å². The molecule has 124 valence electrons. The Morgan fingerprint density at radius 2 is 1.59 bits per heavy atom. The molecule has 1 aromatic heterocycles. The lowest BCUT2D eigenvalue weighted by Crippen LogP contribution is -2.51. The molecule has 0 saturated heterocycles. The van der Waals surface area contributed by atoms with E-state index in [0.29, 0.717) is 22.2 Å². The van der Waals surface area contributed by atoms with Gasteiger partial charge in [0.15, 0.2) is 8.24 Å². The third-order valence-corrected chi connectivity index (χ3v) is 11.4. The van der Waals surface area contributed by atoms with E-state index in [4.69, 9.17) is 4.74 Å². The lowest BCUT2D eigenvalue weighted by Gasteiger charge is -2.44. The molecule has 1 heterocycles. The van der Waals surface area contributed by atoms with E-state index in [2.05, 4.69) is 45.8 Å². The van der Waals surface area contributed by atoms with Gasteiger partial charge in [-0.1, -0.05) is 41.5 Å². The molecule has 1 rings (SSSR count). The molecule has 0 aromatic carbocycles. The fourth-order valence-corrected chi connectivity index (χ4v) is 10.5. The number of carbonyl (C=O) groups excluding carboxylic acids is 2. The average Bonchev–Trinajstić information content (AvgIpc) is 2.87. The van der Waals surface area contributed by atoms with Crippen molar-refractivity contribution in [1.29, 1.82) is 0 Å². The first-order chi connectivity index (χ1) is 10.2. The molecule has 0 amide bonds. The van der Waals surface area contributed by atoms with E-state index in [1.807, 2.05) is 12.4 Å². The van der Waals surface area contributed by atoms with Gasteiger partial charge < -0.3 is 8.97 Å². The molecule has 0 N–H and O–H groups in total. The summed E-state index contributed by atoms with van der Waals surface area (Å²) < 4.78 is 7.06. The molecule has 1 aromatic rings. The van der Waals surface area contributed by atoms with Crippen LogP contribution < -0.4 is 0 Å². The van der Waals surface area contributed by atoms with E-state index in [1.54, 1.807) is 13.0 Å². The highest BCUT2D eigenvalue weighted by atomic mass is 28.3. The minimum absolute atomic E-state index is 0.216. The maximum atomic E-state index is 12.1. The van der Waals surface area contributed by atoms with Gasteiger partial charge in [-0.2, -0.15) is 0 Å². The molecule has 0 bridgehead atoms. The lowest BCUT2D eigenvalue weighted by molar-refractivity contribution is -0.137. The first-order valence-corrected chi connectivity index (χ1v) is 10.3. The number of ether oxygens (including phenoxy) is 1. The zero-order valence-corrected chi connectivity index (χ0v) is 15.8. The van der Waals surface area contributed by atoms with Crippen molar-refractivity contribution in [3.8, 4) is 0 Å². The molecule has 0 spiro atoms. The summed E-state index contributed by atoms with van der Waals surface area (Å²) in [6, 6.07) is 1.74. The number of rotatable bonds is 7. The van der Waals surface area contributed by atoms with Crippen LogP contribution in [-0.4, -0.2) is 30.8 Å². The molecule has 0 atom stereocenters. The zero-order chi connectivity index (χ0) is 17.1. The van der Waals surface area contributed by atoms with Crippen LogP contribution in [0.2, 0.25) is 16.6 Å². The quantitative estimate of drug-likeness (QED) is 0.326. The SMILES string of the molecule is CCOC(=O)C(=O)c1ccn([Si](C(C)C)(C(C)C)C(C)C)c1. The first-order valence-electron chi connectivity index (χ1n) is 8.09. The van der Waals surface area contributed by atoms with Gasteiger partial charge in [0, 0.05) is 11.8 Å². The molecule has 0 fully saturated rings. The molecule has 0 saturated carbocycles. The predicted octanol–water partition coefficient (Wildman–Crippen LogP) is 4.26. The third kappa shape index (κ3) is 3.19. The zero-order valence-electron chi connectivity index (χ0n) is 14.8. The van der Waals surface area contributed by atoms with E-state index in [-0.39, 0.29) is 6.61 Å². The van der Waals surface area contributed by atoms with E-state index in [9.17, 15) is 9.59 Å². The molecule has 0 aliphatic rings. The Labute approximate surface area is 134 Å². The van der Waals surface area contributed by atoms with Crippen molar-refractivity contribution < 1.29 is 14.3 Å². The summed E-state index contributed by atoms with van der Waals surface area (Å²) in [6.45, 7) is 15.5. The second kappa shape index (κ2) is 7.27. The maximum absolute atomic E-state index is 12.1. The number of carbonyl (C=O) groups is 2. The largest absolute Gasteiger partial charge is 0.460 e. The van der Waals surface area contributed by atoms with E-state index >= 15 is 0 Å². The lowest BCUT2D eigenvalue weighted by atomic mass is 10.2. The van der Waals surface area contributed by atoms with Crippen molar-refractivity contribution >= 4 is 20.0 Å². The van der Waals surface area contributed by atoms with Crippen molar-refractivity contribution in [2.24, 2.45) is 0 Å². The van der Waals surface area contributed by atoms with Crippen LogP contribution in [0.1, 0.15) is 58.8 Å². The Morgan fingerprint density at radius 1 is 1.09 bits per heavy atom. The van der Waals surface area contributed by atoms with Crippen LogP contribution in [-0.2, 0) is 9.53 Å². The van der Waals surface area contributed by atoms with Gasteiger partial charge in [-0.25, -0.2) is 4.79 Å². The normalized spacial score (nSPS) is 12.3. The molecule has 22 heavy (non-hydrogen) atoms. The monoisotopic (exact) mass is 323 g/mol. The van der Waals surface area contributed by atoms with Crippen molar-refractivity contribution in [2.75, 3.05) is 6.61 Å². The van der Waals surface area contributed by atoms with Crippen LogP contribution in [0, 0.1) is 0 Å². The number of nitrogens with zero attached hydrogens (tertiary/aromatic N) is 1. The summed E-state index contributed by atoms with van der Waals surface area (Å²) >= 11 is 0. The summed E-state index contributed by atoms with van der Waals surface area (Å²) in [4.78, 5) is 23.7. The van der Waals surface area contributed by atoms with Gasteiger partial charge in [0.05, 0.1) is 6.61 Å². The van der Waals surface area contributed by atoms with Gasteiger partial charge in [0.2, 0.25) is 0 Å². The Balaban J connectivity index is 3.26. The fourth-order valence-electron chi connectivity index (χ4n) is 3.98. The predicted molar refractivity (Wildman–Crippen MR) is 91.8 cm³/mol. The maximum Gasteiger partial charge on any atom is 0.379 e. The smallest absolute Gasteiger partial charge is 0.379 e. The molecular weight excluding hydrogens is 294 g/mol. The summed E-state index contributed by atoms with van der Waals surface area (Å²) in [5.41, 5.74) is 2.03. The van der Waals surface area contributed by atoms with Crippen LogP contribution in [0.15, 0.2) is 18.5 Å². The van der Waals surface area contributed by atoms with E-state index in [0.717, 1.165) is 0 Å². The van der Waals surface area contributed by atoms with E-state index < -0.39 is 20.0 Å². The molecule has 0 unspecified atom stereocenters. The van der Waals surface area contributed by atoms with Gasteiger partial charge in [0.25, 0.3) is 5.78 Å².